The number of carbonyl (C=O) groups excluding carboxylic acids is 1. The van der Waals surface area contributed by atoms with Crippen LogP contribution in [-0.2, 0) is 5.41 Å². The predicted octanol–water partition coefficient (Wildman–Crippen LogP) is 7.22. The summed E-state index contributed by atoms with van der Waals surface area (Å²) >= 11 is 0. The van der Waals surface area contributed by atoms with E-state index in [2.05, 4.69) is 79.8 Å². The summed E-state index contributed by atoms with van der Waals surface area (Å²) in [6.07, 6.45) is 0.928. The van der Waals surface area contributed by atoms with Crippen molar-refractivity contribution in [3.8, 4) is 22.3 Å². The second-order valence-corrected chi connectivity index (χ2v) is 8.28. The monoisotopic (exact) mass is 389 g/mol. The first-order valence-electron chi connectivity index (χ1n) is 10.3. The van der Waals surface area contributed by atoms with E-state index >= 15 is 0 Å². The molecule has 0 radical (unpaired) electrons. The van der Waals surface area contributed by atoms with Gasteiger partial charge in [0.05, 0.1) is 5.69 Å². The van der Waals surface area contributed by atoms with E-state index in [4.69, 9.17) is 0 Å². The first-order chi connectivity index (χ1) is 14.6. The van der Waals surface area contributed by atoms with E-state index in [-0.39, 0.29) is 5.41 Å². The average Bonchev–Trinajstić information content (AvgIpc) is 3.03. The Hall–Kier alpha value is -3.65. The summed E-state index contributed by atoms with van der Waals surface area (Å²) in [4.78, 5) is 11.9. The molecule has 4 aromatic carbocycles. The van der Waals surface area contributed by atoms with Gasteiger partial charge in [0.1, 0.15) is 0 Å². The van der Waals surface area contributed by atoms with E-state index in [0.717, 1.165) is 28.8 Å². The van der Waals surface area contributed by atoms with Crippen LogP contribution in [0.3, 0.4) is 0 Å². The van der Waals surface area contributed by atoms with Crippen molar-refractivity contribution in [2.45, 2.75) is 19.3 Å². The maximum absolute atomic E-state index is 11.9. The van der Waals surface area contributed by atoms with Gasteiger partial charge in [-0.3, -0.25) is 4.79 Å². The number of para-hydroxylation sites is 1. The molecule has 1 aliphatic rings. The van der Waals surface area contributed by atoms with Gasteiger partial charge in [-0.15, -0.1) is 0 Å². The van der Waals surface area contributed by atoms with Crippen LogP contribution >= 0.6 is 0 Å². The molecule has 146 valence electrons. The van der Waals surface area contributed by atoms with Gasteiger partial charge >= 0.3 is 0 Å². The van der Waals surface area contributed by atoms with Crippen LogP contribution in [0.4, 0.5) is 11.4 Å². The van der Waals surface area contributed by atoms with Crippen LogP contribution in [0.1, 0.15) is 35.3 Å². The largest absolute Gasteiger partial charge is 0.354 e. The number of hydrogen-bond acceptors (Lipinski definition) is 2. The molecule has 0 saturated carbocycles. The third-order valence-corrected chi connectivity index (χ3v) is 6.15. The zero-order valence-corrected chi connectivity index (χ0v) is 17.1. The Morgan fingerprint density at radius 3 is 2.17 bits per heavy atom. The zero-order chi connectivity index (χ0) is 20.7. The van der Waals surface area contributed by atoms with Crippen molar-refractivity contribution < 1.29 is 4.79 Å². The Balaban J connectivity index is 1.69. The van der Waals surface area contributed by atoms with E-state index in [1.54, 1.807) is 0 Å². The first kappa shape index (κ1) is 18.4. The lowest BCUT2D eigenvalue weighted by molar-refractivity contribution is 0.112. The third kappa shape index (κ3) is 2.76. The van der Waals surface area contributed by atoms with Gasteiger partial charge in [-0.05, 0) is 39.9 Å². The number of aldehydes is 1. The number of rotatable bonds is 4. The topological polar surface area (TPSA) is 29.1 Å². The van der Waals surface area contributed by atoms with Crippen LogP contribution in [0.2, 0.25) is 0 Å². The molecule has 1 aliphatic carbocycles. The lowest BCUT2D eigenvalue weighted by atomic mass is 9.81. The molecule has 0 fully saturated rings. The highest BCUT2D eigenvalue weighted by Crippen LogP contribution is 2.52. The standard InChI is InChI=1S/C28H23NO/c1-28(2)24-16-7-6-13-22(24)23-15-9-17-25(26(23)28)29-27-20(18-30)12-8-14-21(27)19-10-4-3-5-11-19/h3-18,29H,1-2H3. The molecule has 0 unspecified atom stereocenters. The van der Waals surface area contributed by atoms with Crippen LogP contribution in [0, 0.1) is 0 Å². The molecule has 0 aromatic heterocycles. The summed E-state index contributed by atoms with van der Waals surface area (Å²) in [6, 6.07) is 31.1. The maximum Gasteiger partial charge on any atom is 0.152 e. The normalized spacial score (nSPS) is 13.4. The fraction of sp³-hybridized carbons (Fsp3) is 0.107. The molecular weight excluding hydrogens is 366 g/mol. The molecule has 30 heavy (non-hydrogen) atoms. The molecule has 2 nitrogen and oxygen atoms in total. The first-order valence-corrected chi connectivity index (χ1v) is 10.3. The van der Waals surface area contributed by atoms with Crippen LogP contribution < -0.4 is 5.32 Å². The molecule has 0 bridgehead atoms. The Kier molecular flexibility index (Phi) is 4.29. The molecule has 1 N–H and O–H groups in total. The van der Waals surface area contributed by atoms with Crippen LogP contribution in [0.5, 0.6) is 0 Å². The van der Waals surface area contributed by atoms with Gasteiger partial charge in [-0.2, -0.15) is 0 Å². The number of carbonyl (C=O) groups is 1. The van der Waals surface area contributed by atoms with Crippen molar-refractivity contribution in [2.24, 2.45) is 0 Å². The zero-order valence-electron chi connectivity index (χ0n) is 17.1. The number of benzene rings is 4. The molecule has 2 heteroatoms. The number of nitrogens with one attached hydrogen (secondary N) is 1. The highest BCUT2D eigenvalue weighted by Gasteiger charge is 2.37. The second kappa shape index (κ2) is 7.00. The van der Waals surface area contributed by atoms with Gasteiger partial charge in [-0.1, -0.05) is 92.7 Å². The summed E-state index contributed by atoms with van der Waals surface area (Å²) in [5, 5.41) is 3.65. The van der Waals surface area contributed by atoms with Crippen molar-refractivity contribution in [3.05, 3.63) is 108 Å². The highest BCUT2D eigenvalue weighted by atomic mass is 16.1. The lowest BCUT2D eigenvalue weighted by Crippen LogP contribution is -2.17. The van der Waals surface area contributed by atoms with E-state index in [0.29, 0.717) is 5.56 Å². The van der Waals surface area contributed by atoms with E-state index in [1.165, 1.54) is 22.3 Å². The summed E-state index contributed by atoms with van der Waals surface area (Å²) in [5.74, 6) is 0. The molecule has 0 spiro atoms. The van der Waals surface area contributed by atoms with Crippen molar-refractivity contribution in [2.75, 3.05) is 5.32 Å². The average molecular weight is 389 g/mol. The van der Waals surface area contributed by atoms with Crippen LogP contribution in [-0.4, -0.2) is 6.29 Å². The Labute approximate surface area is 177 Å². The minimum Gasteiger partial charge on any atom is -0.354 e. The fourth-order valence-corrected chi connectivity index (χ4v) is 4.75. The van der Waals surface area contributed by atoms with Gasteiger partial charge in [0, 0.05) is 22.2 Å². The van der Waals surface area contributed by atoms with Crippen molar-refractivity contribution in [3.63, 3.8) is 0 Å². The van der Waals surface area contributed by atoms with Crippen molar-refractivity contribution >= 4 is 17.7 Å². The Morgan fingerprint density at radius 1 is 0.700 bits per heavy atom. The summed E-state index contributed by atoms with van der Waals surface area (Å²) in [5.41, 5.74) is 9.66. The van der Waals surface area contributed by atoms with Crippen molar-refractivity contribution in [1.29, 1.82) is 0 Å². The van der Waals surface area contributed by atoms with Gasteiger partial charge in [0.25, 0.3) is 0 Å². The Bertz CT molecular complexity index is 1250. The highest BCUT2D eigenvalue weighted by molar-refractivity contribution is 5.96. The second-order valence-electron chi connectivity index (χ2n) is 8.28. The third-order valence-electron chi connectivity index (χ3n) is 6.15. The molecule has 0 saturated heterocycles. The number of anilines is 2. The molecule has 0 aliphatic heterocycles. The SMILES string of the molecule is CC1(C)c2ccccc2-c2cccc(Nc3c(C=O)cccc3-c3ccccc3)c21. The minimum absolute atomic E-state index is 0.126. The van der Waals surface area contributed by atoms with Gasteiger partial charge in [-0.25, -0.2) is 0 Å². The number of fused-ring (bicyclic) bond motifs is 3. The van der Waals surface area contributed by atoms with Gasteiger partial charge in [0.15, 0.2) is 6.29 Å². The molecule has 0 heterocycles. The smallest absolute Gasteiger partial charge is 0.152 e. The lowest BCUT2D eigenvalue weighted by Gasteiger charge is -2.25. The summed E-state index contributed by atoms with van der Waals surface area (Å²) < 4.78 is 0. The Morgan fingerprint density at radius 2 is 1.37 bits per heavy atom. The van der Waals surface area contributed by atoms with Crippen LogP contribution in [0.25, 0.3) is 22.3 Å². The minimum atomic E-state index is -0.126. The fourth-order valence-electron chi connectivity index (χ4n) is 4.75. The maximum atomic E-state index is 11.9. The van der Waals surface area contributed by atoms with Crippen molar-refractivity contribution in [1.82, 2.24) is 0 Å². The molecule has 0 atom stereocenters. The van der Waals surface area contributed by atoms with Crippen LogP contribution in [0.15, 0.2) is 91.0 Å². The summed E-state index contributed by atoms with van der Waals surface area (Å²) in [7, 11) is 0. The van der Waals surface area contributed by atoms with E-state index in [9.17, 15) is 4.79 Å². The summed E-state index contributed by atoms with van der Waals surface area (Å²) in [6.45, 7) is 4.54. The predicted molar refractivity (Wildman–Crippen MR) is 125 cm³/mol. The molecule has 4 aromatic rings. The van der Waals surface area contributed by atoms with Gasteiger partial charge < -0.3 is 5.32 Å². The van der Waals surface area contributed by atoms with E-state index < -0.39 is 0 Å². The molecular formula is C28H23NO. The molecule has 0 amide bonds. The van der Waals surface area contributed by atoms with Gasteiger partial charge in [0.2, 0.25) is 0 Å². The number of hydrogen-bond donors (Lipinski definition) is 1. The molecule has 5 rings (SSSR count). The van der Waals surface area contributed by atoms with E-state index in [1.807, 2.05) is 30.3 Å². The quantitative estimate of drug-likeness (QED) is 0.373.